The maximum Gasteiger partial charge on any atom is 0.223 e. The molecule has 2 aromatic rings. The van der Waals surface area contributed by atoms with Gasteiger partial charge in [-0.1, -0.05) is 18.2 Å². The molecule has 0 aliphatic rings. The van der Waals surface area contributed by atoms with Gasteiger partial charge in [0.1, 0.15) is 0 Å². The van der Waals surface area contributed by atoms with E-state index in [1.165, 1.54) is 6.20 Å². The number of rotatable bonds is 1. The fourth-order valence-corrected chi connectivity index (χ4v) is 1.50. The van der Waals surface area contributed by atoms with Crippen LogP contribution in [0.15, 0.2) is 48.7 Å². The summed E-state index contributed by atoms with van der Waals surface area (Å²) in [5, 5.41) is 11.5. The van der Waals surface area contributed by atoms with E-state index in [1.54, 1.807) is 6.07 Å². The molecular weight excluding hydrogens is 174 g/mol. The van der Waals surface area contributed by atoms with Crippen LogP contribution in [-0.2, 0) is 0 Å². The molecule has 0 bridgehead atoms. The maximum absolute atomic E-state index is 11.5. The van der Waals surface area contributed by atoms with Crippen molar-refractivity contribution in [3.63, 3.8) is 0 Å². The van der Waals surface area contributed by atoms with Crippen LogP contribution in [0.25, 0.3) is 11.3 Å². The fraction of sp³-hybridized carbons (Fsp3) is 0.0833. The van der Waals surface area contributed by atoms with Gasteiger partial charge < -0.3 is 5.21 Å². The molecule has 1 heterocycles. The summed E-state index contributed by atoms with van der Waals surface area (Å²) in [6, 6.07) is 13.3. The maximum atomic E-state index is 11.5. The Hall–Kier alpha value is -1.83. The van der Waals surface area contributed by atoms with Gasteiger partial charge in [-0.25, -0.2) is 0 Å². The summed E-state index contributed by atoms with van der Waals surface area (Å²) in [7, 11) is 0. The minimum atomic E-state index is 0.700. The van der Waals surface area contributed by atoms with Gasteiger partial charge in [-0.3, -0.25) is 0 Å². The number of pyridine rings is 1. The molecule has 1 aromatic heterocycles. The summed E-state index contributed by atoms with van der Waals surface area (Å²) >= 11 is 0. The molecule has 0 aliphatic carbocycles. The molecule has 2 heteroatoms. The van der Waals surface area contributed by atoms with Gasteiger partial charge in [-0.15, -0.1) is 0 Å². The second-order valence-corrected chi connectivity index (χ2v) is 3.23. The third kappa shape index (κ3) is 1.46. The smallest absolute Gasteiger partial charge is 0.223 e. The van der Waals surface area contributed by atoms with E-state index in [9.17, 15) is 5.21 Å². The monoisotopic (exact) mass is 185 g/mol. The van der Waals surface area contributed by atoms with E-state index in [-0.39, 0.29) is 0 Å². The van der Waals surface area contributed by atoms with Crippen LogP contribution in [0.4, 0.5) is 0 Å². The zero-order valence-electron chi connectivity index (χ0n) is 7.97. The van der Waals surface area contributed by atoms with Crippen molar-refractivity contribution in [1.82, 2.24) is 0 Å². The van der Waals surface area contributed by atoms with E-state index in [0.717, 1.165) is 15.9 Å². The highest BCUT2D eigenvalue weighted by Gasteiger charge is 2.08. The topological polar surface area (TPSA) is 26.9 Å². The van der Waals surface area contributed by atoms with Crippen molar-refractivity contribution in [1.29, 1.82) is 0 Å². The van der Waals surface area contributed by atoms with Crippen molar-refractivity contribution in [2.75, 3.05) is 0 Å². The molecule has 0 atom stereocenters. The predicted octanol–water partition coefficient (Wildman–Crippen LogP) is 2.30. The molecule has 0 spiro atoms. The average molecular weight is 185 g/mol. The van der Waals surface area contributed by atoms with Gasteiger partial charge in [0, 0.05) is 12.1 Å². The highest BCUT2D eigenvalue weighted by Crippen LogP contribution is 2.18. The zero-order valence-corrected chi connectivity index (χ0v) is 7.97. The van der Waals surface area contributed by atoms with E-state index < -0.39 is 0 Å². The molecule has 0 saturated carbocycles. The largest absolute Gasteiger partial charge is 0.618 e. The molecule has 70 valence electrons. The van der Waals surface area contributed by atoms with Gasteiger partial charge in [0.05, 0.1) is 5.56 Å². The Morgan fingerprint density at radius 2 is 1.71 bits per heavy atom. The van der Waals surface area contributed by atoms with Crippen molar-refractivity contribution >= 4 is 0 Å². The van der Waals surface area contributed by atoms with Crippen LogP contribution in [0, 0.1) is 12.1 Å². The molecular formula is C12H11NO. The Morgan fingerprint density at radius 1 is 1.00 bits per heavy atom. The predicted molar refractivity (Wildman–Crippen MR) is 55.6 cm³/mol. The van der Waals surface area contributed by atoms with E-state index in [4.69, 9.17) is 0 Å². The minimum absolute atomic E-state index is 0.700. The number of nitrogens with zero attached hydrogens (tertiary/aromatic N) is 1. The standard InChI is InChI=1S/C12H11NO/c1-10-6-2-3-7-11(10)12-8-4-5-9-13(12)14/h2-9H,1H3. The Bertz CT molecular complexity index is 408. The lowest BCUT2D eigenvalue weighted by atomic mass is 10.1. The Morgan fingerprint density at radius 3 is 2.43 bits per heavy atom. The molecule has 2 nitrogen and oxygen atoms in total. The Balaban J connectivity index is 2.61. The van der Waals surface area contributed by atoms with E-state index in [0.29, 0.717) is 5.69 Å². The molecule has 0 radical (unpaired) electrons. The van der Waals surface area contributed by atoms with Crippen LogP contribution in [0.3, 0.4) is 0 Å². The summed E-state index contributed by atoms with van der Waals surface area (Å²) in [5.41, 5.74) is 2.80. The lowest BCUT2D eigenvalue weighted by Gasteiger charge is -2.05. The lowest BCUT2D eigenvalue weighted by Crippen LogP contribution is -2.28. The van der Waals surface area contributed by atoms with Gasteiger partial charge in [0.2, 0.25) is 5.69 Å². The van der Waals surface area contributed by atoms with Gasteiger partial charge in [0.25, 0.3) is 0 Å². The minimum Gasteiger partial charge on any atom is -0.618 e. The molecule has 0 unspecified atom stereocenters. The van der Waals surface area contributed by atoms with Crippen LogP contribution in [-0.4, -0.2) is 0 Å². The first-order chi connectivity index (χ1) is 6.79. The van der Waals surface area contributed by atoms with Crippen molar-refractivity contribution in [3.8, 4) is 11.3 Å². The van der Waals surface area contributed by atoms with Crippen LogP contribution < -0.4 is 4.73 Å². The molecule has 14 heavy (non-hydrogen) atoms. The van der Waals surface area contributed by atoms with Gasteiger partial charge in [0.15, 0.2) is 6.20 Å². The fourth-order valence-electron chi connectivity index (χ4n) is 1.50. The van der Waals surface area contributed by atoms with Crippen LogP contribution in [0.5, 0.6) is 0 Å². The van der Waals surface area contributed by atoms with Crippen LogP contribution >= 0.6 is 0 Å². The molecule has 0 aliphatic heterocycles. The summed E-state index contributed by atoms with van der Waals surface area (Å²) in [4.78, 5) is 0. The highest BCUT2D eigenvalue weighted by molar-refractivity contribution is 5.60. The molecule has 1 aromatic carbocycles. The number of hydrogen-bond donors (Lipinski definition) is 0. The third-order valence-electron chi connectivity index (χ3n) is 2.25. The second kappa shape index (κ2) is 3.50. The Labute approximate surface area is 83.0 Å². The molecule has 2 rings (SSSR count). The second-order valence-electron chi connectivity index (χ2n) is 3.23. The van der Waals surface area contributed by atoms with Crippen LogP contribution in [0.2, 0.25) is 0 Å². The summed E-state index contributed by atoms with van der Waals surface area (Å²) in [5.74, 6) is 0. The Kier molecular flexibility index (Phi) is 2.19. The number of benzene rings is 1. The molecule has 0 saturated heterocycles. The van der Waals surface area contributed by atoms with Crippen LogP contribution in [0.1, 0.15) is 5.56 Å². The van der Waals surface area contributed by atoms with Gasteiger partial charge >= 0.3 is 0 Å². The van der Waals surface area contributed by atoms with Crippen molar-refractivity contribution in [2.45, 2.75) is 6.92 Å². The van der Waals surface area contributed by atoms with Crippen molar-refractivity contribution in [3.05, 3.63) is 59.4 Å². The lowest BCUT2D eigenvalue weighted by molar-refractivity contribution is -0.593. The molecule has 0 fully saturated rings. The van der Waals surface area contributed by atoms with E-state index in [2.05, 4.69) is 0 Å². The van der Waals surface area contributed by atoms with Gasteiger partial charge in [-0.05, 0) is 24.6 Å². The first-order valence-corrected chi connectivity index (χ1v) is 4.53. The summed E-state index contributed by atoms with van der Waals surface area (Å²) < 4.78 is 0.891. The van der Waals surface area contributed by atoms with E-state index in [1.807, 2.05) is 43.3 Å². The molecule has 0 N–H and O–H groups in total. The summed E-state index contributed by atoms with van der Waals surface area (Å²) in [6.07, 6.45) is 1.52. The first-order valence-electron chi connectivity index (χ1n) is 4.53. The van der Waals surface area contributed by atoms with Crippen molar-refractivity contribution < 1.29 is 4.73 Å². The number of hydrogen-bond acceptors (Lipinski definition) is 1. The summed E-state index contributed by atoms with van der Waals surface area (Å²) in [6.45, 7) is 2.00. The van der Waals surface area contributed by atoms with Crippen molar-refractivity contribution in [2.24, 2.45) is 0 Å². The quantitative estimate of drug-likeness (QED) is 0.494. The number of aryl methyl sites for hydroxylation is 1. The SMILES string of the molecule is Cc1ccccc1-c1cccc[n+]1[O-]. The number of aromatic nitrogens is 1. The van der Waals surface area contributed by atoms with E-state index >= 15 is 0 Å². The zero-order chi connectivity index (χ0) is 9.97. The average Bonchev–Trinajstić information content (AvgIpc) is 2.20. The first kappa shape index (κ1) is 8.75. The normalized spacial score (nSPS) is 10.1. The highest BCUT2D eigenvalue weighted by atomic mass is 16.5. The molecule has 0 amide bonds. The van der Waals surface area contributed by atoms with Gasteiger partial charge in [-0.2, -0.15) is 4.73 Å². The third-order valence-corrected chi connectivity index (χ3v) is 2.25.